The van der Waals surface area contributed by atoms with Crippen LogP contribution in [-0.4, -0.2) is 11.0 Å². The van der Waals surface area contributed by atoms with Crippen molar-refractivity contribution in [2.45, 2.75) is 0 Å². The lowest BCUT2D eigenvalue weighted by Crippen LogP contribution is -2.12. The molecule has 0 saturated heterocycles. The molecule has 6 heteroatoms. The van der Waals surface area contributed by atoms with E-state index in [1.54, 1.807) is 0 Å². The van der Waals surface area contributed by atoms with Crippen molar-refractivity contribution in [3.8, 4) is 0 Å². The van der Waals surface area contributed by atoms with E-state index in [0.29, 0.717) is 5.02 Å². The Morgan fingerprint density at radius 3 is 2.75 bits per heavy atom. The smallest absolute Gasteiger partial charge is 0.368 e. The zero-order valence-corrected chi connectivity index (χ0v) is 7.26. The largest absolute Gasteiger partial charge is 0.376 e. The number of rotatable bonds is 1. The van der Waals surface area contributed by atoms with Gasteiger partial charge in [0.15, 0.2) is 5.69 Å². The van der Waals surface area contributed by atoms with Gasteiger partial charge in [-0.15, -0.1) is 0 Å². The summed E-state index contributed by atoms with van der Waals surface area (Å²) >= 11 is 11.1. The normalized spacial score (nSPS) is 9.58. The second kappa shape index (κ2) is 3.71. The van der Waals surface area contributed by atoms with Crippen molar-refractivity contribution in [2.75, 3.05) is 0 Å². The van der Waals surface area contributed by atoms with Gasteiger partial charge in [0.25, 0.3) is 0 Å². The molecule has 0 saturated carbocycles. The molecule has 0 bridgehead atoms. The van der Waals surface area contributed by atoms with Crippen LogP contribution in [-0.2, 0) is 4.84 Å². The van der Waals surface area contributed by atoms with E-state index in [1.165, 1.54) is 12.3 Å². The van der Waals surface area contributed by atoms with Crippen molar-refractivity contribution < 1.29 is 9.63 Å². The number of halogens is 2. The number of pyridine rings is 1. The lowest BCUT2D eigenvalue weighted by atomic mass is 10.3. The van der Waals surface area contributed by atoms with E-state index in [9.17, 15) is 4.79 Å². The van der Waals surface area contributed by atoms with Crippen molar-refractivity contribution in [1.82, 2.24) is 4.98 Å². The number of carbonyl (C=O) groups excluding carboxylic acids is 1. The first-order chi connectivity index (χ1) is 5.65. The fourth-order valence-electron chi connectivity index (χ4n) is 0.621. The van der Waals surface area contributed by atoms with Gasteiger partial charge in [-0.1, -0.05) is 23.2 Å². The van der Waals surface area contributed by atoms with Crippen LogP contribution < -0.4 is 5.90 Å². The second-order valence-corrected chi connectivity index (χ2v) is 2.73. The van der Waals surface area contributed by atoms with E-state index in [0.717, 1.165) is 0 Å². The summed E-state index contributed by atoms with van der Waals surface area (Å²) in [6, 6.07) is 1.38. The maximum absolute atomic E-state index is 10.8. The molecule has 64 valence electrons. The predicted octanol–water partition coefficient (Wildman–Crippen LogP) is 1.42. The summed E-state index contributed by atoms with van der Waals surface area (Å²) in [6.07, 6.45) is 1.28. The molecule has 1 aromatic heterocycles. The highest BCUT2D eigenvalue weighted by molar-refractivity contribution is 6.36. The van der Waals surface area contributed by atoms with Crippen LogP contribution in [0, 0.1) is 0 Å². The molecule has 0 aliphatic carbocycles. The Morgan fingerprint density at radius 1 is 1.58 bits per heavy atom. The summed E-state index contributed by atoms with van der Waals surface area (Å²) in [4.78, 5) is 18.4. The van der Waals surface area contributed by atoms with Gasteiger partial charge in [0.05, 0.1) is 10.0 Å². The predicted molar refractivity (Wildman–Crippen MR) is 43.9 cm³/mol. The summed E-state index contributed by atoms with van der Waals surface area (Å²) in [5.74, 6) is 3.84. The standard InChI is InChI=1S/C6H4Cl2N2O2/c7-3-1-4(8)5(10-2-3)6(11)12-9/h1-2H,9H2. The zero-order valence-electron chi connectivity index (χ0n) is 5.75. The molecule has 1 aromatic rings. The van der Waals surface area contributed by atoms with Gasteiger partial charge in [-0.25, -0.2) is 9.78 Å². The third-order valence-corrected chi connectivity index (χ3v) is 1.60. The van der Waals surface area contributed by atoms with Crippen LogP contribution in [0.2, 0.25) is 10.0 Å². The van der Waals surface area contributed by atoms with E-state index in [1.807, 2.05) is 0 Å². The fraction of sp³-hybridized carbons (Fsp3) is 0. The monoisotopic (exact) mass is 206 g/mol. The minimum atomic E-state index is -0.795. The minimum Gasteiger partial charge on any atom is -0.368 e. The van der Waals surface area contributed by atoms with E-state index in [-0.39, 0.29) is 10.7 Å². The average Bonchev–Trinajstić information content (AvgIpc) is 2.03. The number of nitrogens with two attached hydrogens (primary N) is 1. The third kappa shape index (κ3) is 1.85. The second-order valence-electron chi connectivity index (χ2n) is 1.89. The molecule has 0 spiro atoms. The van der Waals surface area contributed by atoms with Gasteiger partial charge in [-0.3, -0.25) is 0 Å². The van der Waals surface area contributed by atoms with Crippen LogP contribution >= 0.6 is 23.2 Å². The van der Waals surface area contributed by atoms with Crippen LogP contribution in [0.3, 0.4) is 0 Å². The van der Waals surface area contributed by atoms with Gasteiger partial charge in [-0.05, 0) is 6.07 Å². The van der Waals surface area contributed by atoms with Gasteiger partial charge in [0.2, 0.25) is 0 Å². The Morgan fingerprint density at radius 2 is 2.25 bits per heavy atom. The van der Waals surface area contributed by atoms with E-state index >= 15 is 0 Å². The fourth-order valence-corrected chi connectivity index (χ4v) is 1.08. The Bertz CT molecular complexity index is 316. The van der Waals surface area contributed by atoms with Crippen LogP contribution in [0.25, 0.3) is 0 Å². The topological polar surface area (TPSA) is 65.2 Å². The number of carbonyl (C=O) groups is 1. The van der Waals surface area contributed by atoms with E-state index in [4.69, 9.17) is 23.2 Å². The molecular weight excluding hydrogens is 203 g/mol. The van der Waals surface area contributed by atoms with Crippen LogP contribution in [0.5, 0.6) is 0 Å². The Hall–Kier alpha value is -0.840. The molecule has 12 heavy (non-hydrogen) atoms. The minimum absolute atomic E-state index is 0.0523. The highest BCUT2D eigenvalue weighted by Gasteiger charge is 2.12. The van der Waals surface area contributed by atoms with Gasteiger partial charge < -0.3 is 4.84 Å². The Kier molecular flexibility index (Phi) is 2.86. The number of hydrogen-bond donors (Lipinski definition) is 1. The highest BCUT2D eigenvalue weighted by atomic mass is 35.5. The quantitative estimate of drug-likeness (QED) is 0.707. The number of hydrogen-bond acceptors (Lipinski definition) is 4. The van der Waals surface area contributed by atoms with E-state index < -0.39 is 5.97 Å². The summed E-state index contributed by atoms with van der Waals surface area (Å²) in [5, 5.41) is 0.450. The maximum Gasteiger partial charge on any atom is 0.376 e. The summed E-state index contributed by atoms with van der Waals surface area (Å²) in [5.41, 5.74) is -0.0523. The average molecular weight is 207 g/mol. The van der Waals surface area contributed by atoms with Gasteiger partial charge in [0, 0.05) is 6.20 Å². The molecule has 0 aromatic carbocycles. The Labute approximate surface area is 78.2 Å². The molecule has 4 nitrogen and oxygen atoms in total. The summed E-state index contributed by atoms with van der Waals surface area (Å²) in [6.45, 7) is 0. The van der Waals surface area contributed by atoms with Crippen molar-refractivity contribution in [2.24, 2.45) is 5.90 Å². The van der Waals surface area contributed by atoms with Crippen molar-refractivity contribution in [3.05, 3.63) is 28.0 Å². The van der Waals surface area contributed by atoms with Crippen molar-refractivity contribution in [1.29, 1.82) is 0 Å². The highest BCUT2D eigenvalue weighted by Crippen LogP contribution is 2.18. The maximum atomic E-state index is 10.8. The summed E-state index contributed by atoms with van der Waals surface area (Å²) in [7, 11) is 0. The first kappa shape index (κ1) is 9.25. The molecule has 0 fully saturated rings. The first-order valence-corrected chi connectivity index (χ1v) is 3.63. The molecule has 0 radical (unpaired) electrons. The zero-order chi connectivity index (χ0) is 9.14. The molecule has 0 atom stereocenters. The Balaban J connectivity index is 3.09. The lowest BCUT2D eigenvalue weighted by Gasteiger charge is -1.99. The number of nitrogens with zero attached hydrogens (tertiary/aromatic N) is 1. The molecular formula is C6H4Cl2N2O2. The molecule has 0 amide bonds. The first-order valence-electron chi connectivity index (χ1n) is 2.87. The lowest BCUT2D eigenvalue weighted by molar-refractivity contribution is 0.0497. The van der Waals surface area contributed by atoms with Gasteiger partial charge >= 0.3 is 5.97 Å². The van der Waals surface area contributed by atoms with Crippen molar-refractivity contribution in [3.63, 3.8) is 0 Å². The van der Waals surface area contributed by atoms with Crippen LogP contribution in [0.15, 0.2) is 12.3 Å². The van der Waals surface area contributed by atoms with Crippen LogP contribution in [0.4, 0.5) is 0 Å². The molecule has 2 N–H and O–H groups in total. The third-order valence-electron chi connectivity index (χ3n) is 1.11. The number of aromatic nitrogens is 1. The molecule has 0 aliphatic rings. The molecule has 1 heterocycles. The summed E-state index contributed by atoms with van der Waals surface area (Å²) < 4.78 is 0. The molecule has 0 aliphatic heterocycles. The van der Waals surface area contributed by atoms with Crippen LogP contribution in [0.1, 0.15) is 10.5 Å². The molecule has 0 unspecified atom stereocenters. The van der Waals surface area contributed by atoms with Gasteiger partial charge in [0.1, 0.15) is 0 Å². The van der Waals surface area contributed by atoms with Gasteiger partial charge in [-0.2, -0.15) is 5.90 Å². The molecule has 1 rings (SSSR count). The van der Waals surface area contributed by atoms with Crippen molar-refractivity contribution >= 4 is 29.2 Å². The van der Waals surface area contributed by atoms with E-state index in [2.05, 4.69) is 15.7 Å². The SMILES string of the molecule is NOC(=O)c1ncc(Cl)cc1Cl.